The molecule has 0 unspecified atom stereocenters. The van der Waals surface area contributed by atoms with Gasteiger partial charge in [-0.3, -0.25) is 13.9 Å². The topological polar surface area (TPSA) is 115 Å². The molecule has 0 saturated heterocycles. The van der Waals surface area contributed by atoms with Gasteiger partial charge in [0, 0.05) is 31.0 Å². The van der Waals surface area contributed by atoms with Crippen LogP contribution in [0.15, 0.2) is 59.5 Å². The fourth-order valence-electron chi connectivity index (χ4n) is 2.66. The largest absolute Gasteiger partial charge is 0.352 e. The van der Waals surface area contributed by atoms with E-state index in [-0.39, 0.29) is 11.6 Å². The highest BCUT2D eigenvalue weighted by Gasteiger charge is 2.05. The fraction of sp³-hybridized carbons (Fsp3) is 0.211. The molecule has 2 heterocycles. The molecule has 0 saturated carbocycles. The summed E-state index contributed by atoms with van der Waals surface area (Å²) in [4.78, 5) is 24.1. The van der Waals surface area contributed by atoms with Crippen LogP contribution in [0.25, 0.3) is 11.7 Å². The Hall–Kier alpha value is -3.40. The van der Waals surface area contributed by atoms with Crippen molar-refractivity contribution in [2.75, 3.05) is 17.5 Å². The van der Waals surface area contributed by atoms with Gasteiger partial charge in [0.05, 0.1) is 6.26 Å². The van der Waals surface area contributed by atoms with Crippen LogP contribution >= 0.6 is 0 Å². The van der Waals surface area contributed by atoms with Gasteiger partial charge in [0.2, 0.25) is 15.9 Å². The third kappa shape index (κ3) is 5.79. The number of carbonyl (C=O) groups is 1. The van der Waals surface area contributed by atoms with E-state index in [1.165, 1.54) is 15.2 Å². The second-order valence-corrected chi connectivity index (χ2v) is 8.16. The molecule has 2 aromatic heterocycles. The van der Waals surface area contributed by atoms with Crippen molar-refractivity contribution in [1.82, 2.24) is 19.5 Å². The molecule has 0 fully saturated rings. The van der Waals surface area contributed by atoms with Gasteiger partial charge in [0.15, 0.2) is 5.65 Å². The maximum atomic E-state index is 12.1. The smallest absolute Gasteiger partial charge is 0.350 e. The van der Waals surface area contributed by atoms with Gasteiger partial charge >= 0.3 is 5.69 Å². The van der Waals surface area contributed by atoms with Crippen LogP contribution < -0.4 is 15.7 Å². The number of sulfonamides is 1. The van der Waals surface area contributed by atoms with Crippen LogP contribution in [0, 0.1) is 0 Å². The van der Waals surface area contributed by atoms with Gasteiger partial charge in [-0.25, -0.2) is 17.9 Å². The summed E-state index contributed by atoms with van der Waals surface area (Å²) in [6.07, 6.45) is 6.34. The number of benzene rings is 1. The normalized spacial score (nSPS) is 11.8. The predicted octanol–water partition coefficient (Wildman–Crippen LogP) is 1.09. The minimum absolute atomic E-state index is 0.208. The Labute approximate surface area is 167 Å². The number of anilines is 1. The summed E-state index contributed by atoms with van der Waals surface area (Å²) < 4.78 is 27.6. The van der Waals surface area contributed by atoms with Gasteiger partial charge in [-0.05, 0) is 42.3 Å². The molecule has 0 aliphatic rings. The summed E-state index contributed by atoms with van der Waals surface area (Å²) in [5.41, 5.74) is 1.59. The molecule has 3 rings (SSSR count). The lowest BCUT2D eigenvalue weighted by molar-refractivity contribution is -0.116. The number of pyridine rings is 1. The molecule has 1 aromatic carbocycles. The maximum Gasteiger partial charge on any atom is 0.350 e. The molecule has 0 aliphatic heterocycles. The van der Waals surface area contributed by atoms with Crippen LogP contribution in [0.1, 0.15) is 12.0 Å². The molecule has 10 heteroatoms. The first kappa shape index (κ1) is 20.3. The van der Waals surface area contributed by atoms with Gasteiger partial charge < -0.3 is 5.32 Å². The van der Waals surface area contributed by atoms with Gasteiger partial charge in [0.25, 0.3) is 0 Å². The van der Waals surface area contributed by atoms with Gasteiger partial charge in [-0.2, -0.15) is 0 Å². The molecule has 0 bridgehead atoms. The molecule has 0 radical (unpaired) electrons. The SMILES string of the molecule is CS(=O)(=O)Nc1ccc(C=CC(=O)NCCCn2nc3ccccn3c2=O)cc1. The minimum atomic E-state index is -3.32. The van der Waals surface area contributed by atoms with Crippen molar-refractivity contribution in [1.29, 1.82) is 0 Å². The Bertz CT molecular complexity index is 1190. The first-order valence-electron chi connectivity index (χ1n) is 8.90. The summed E-state index contributed by atoms with van der Waals surface area (Å²) in [7, 11) is -3.32. The van der Waals surface area contributed by atoms with Crippen LogP contribution in [0.4, 0.5) is 5.69 Å². The Balaban J connectivity index is 1.46. The first-order chi connectivity index (χ1) is 13.8. The third-order valence-corrected chi connectivity index (χ3v) is 4.58. The van der Waals surface area contributed by atoms with Gasteiger partial charge in [0.1, 0.15) is 0 Å². The summed E-state index contributed by atoms with van der Waals surface area (Å²) in [6, 6.07) is 12.0. The van der Waals surface area contributed by atoms with E-state index in [0.717, 1.165) is 11.8 Å². The summed E-state index contributed by atoms with van der Waals surface area (Å²) in [5, 5.41) is 6.98. The number of fused-ring (bicyclic) bond motifs is 1. The Morgan fingerprint density at radius 3 is 2.62 bits per heavy atom. The lowest BCUT2D eigenvalue weighted by Crippen LogP contribution is -2.26. The Morgan fingerprint density at radius 2 is 1.93 bits per heavy atom. The van der Waals surface area contributed by atoms with Crippen LogP contribution in [-0.4, -0.2) is 41.3 Å². The molecule has 3 aromatic rings. The second kappa shape index (κ2) is 8.74. The van der Waals surface area contributed by atoms with Gasteiger partial charge in [-0.1, -0.05) is 18.2 Å². The van der Waals surface area contributed by atoms with Crippen LogP contribution in [0.2, 0.25) is 0 Å². The summed E-state index contributed by atoms with van der Waals surface area (Å²) >= 11 is 0. The number of nitrogens with zero attached hydrogens (tertiary/aromatic N) is 3. The zero-order valence-corrected chi connectivity index (χ0v) is 16.6. The maximum absolute atomic E-state index is 12.1. The van der Waals surface area contributed by atoms with E-state index in [2.05, 4.69) is 15.1 Å². The van der Waals surface area contributed by atoms with E-state index >= 15 is 0 Å². The second-order valence-electron chi connectivity index (χ2n) is 6.41. The molecule has 0 aliphatic carbocycles. The highest BCUT2D eigenvalue weighted by atomic mass is 32.2. The van der Waals surface area contributed by atoms with Crippen molar-refractivity contribution >= 4 is 33.3 Å². The molecule has 9 nitrogen and oxygen atoms in total. The van der Waals surface area contributed by atoms with Gasteiger partial charge in [-0.15, -0.1) is 5.10 Å². The van der Waals surface area contributed by atoms with E-state index in [0.29, 0.717) is 30.8 Å². The van der Waals surface area contributed by atoms with E-state index in [9.17, 15) is 18.0 Å². The zero-order valence-electron chi connectivity index (χ0n) is 15.8. The lowest BCUT2D eigenvalue weighted by Gasteiger charge is -2.04. The van der Waals surface area contributed by atoms with Crippen molar-refractivity contribution < 1.29 is 13.2 Å². The lowest BCUT2D eigenvalue weighted by atomic mass is 10.2. The molecule has 0 spiro atoms. The Kier molecular flexibility index (Phi) is 6.13. The Morgan fingerprint density at radius 1 is 1.17 bits per heavy atom. The third-order valence-electron chi connectivity index (χ3n) is 3.98. The number of nitrogens with one attached hydrogen (secondary N) is 2. The van der Waals surface area contributed by atoms with E-state index in [1.54, 1.807) is 48.7 Å². The molecular formula is C19H21N5O4S. The average molecular weight is 415 g/mol. The zero-order chi connectivity index (χ0) is 20.9. The molecule has 152 valence electrons. The summed E-state index contributed by atoms with van der Waals surface area (Å²) in [5.74, 6) is -0.259. The monoisotopic (exact) mass is 415 g/mol. The molecule has 1 amide bonds. The predicted molar refractivity (Wildman–Crippen MR) is 111 cm³/mol. The quantitative estimate of drug-likeness (QED) is 0.422. The number of carbonyl (C=O) groups excluding carboxylic acids is 1. The number of rotatable bonds is 8. The molecule has 2 N–H and O–H groups in total. The fourth-order valence-corrected chi connectivity index (χ4v) is 3.23. The number of amides is 1. The molecular weight excluding hydrogens is 394 g/mol. The number of aryl methyl sites for hydroxylation is 1. The highest BCUT2D eigenvalue weighted by Crippen LogP contribution is 2.11. The van der Waals surface area contributed by atoms with Crippen molar-refractivity contribution in [3.63, 3.8) is 0 Å². The number of hydrogen-bond acceptors (Lipinski definition) is 5. The minimum Gasteiger partial charge on any atom is -0.352 e. The van der Waals surface area contributed by atoms with Crippen LogP contribution in [0.5, 0.6) is 0 Å². The van der Waals surface area contributed by atoms with Crippen molar-refractivity contribution in [2.24, 2.45) is 0 Å². The van der Waals surface area contributed by atoms with Crippen molar-refractivity contribution in [3.8, 4) is 0 Å². The van der Waals surface area contributed by atoms with Crippen molar-refractivity contribution in [3.05, 3.63) is 70.8 Å². The van der Waals surface area contributed by atoms with Crippen LogP contribution in [-0.2, 0) is 21.4 Å². The summed E-state index contributed by atoms with van der Waals surface area (Å²) in [6.45, 7) is 0.806. The van der Waals surface area contributed by atoms with E-state index in [4.69, 9.17) is 0 Å². The number of aromatic nitrogens is 3. The standard InChI is InChI=1S/C19H21N5O4S/c1-29(27,28)22-16-9-6-15(7-10-16)8-11-18(25)20-12-4-14-24-19(26)23-13-3-2-5-17(23)21-24/h2-3,5-11,13,22H,4,12,14H2,1H3,(H,20,25). The highest BCUT2D eigenvalue weighted by molar-refractivity contribution is 7.92. The number of hydrogen-bond donors (Lipinski definition) is 2. The van der Waals surface area contributed by atoms with E-state index in [1.807, 2.05) is 6.07 Å². The average Bonchev–Trinajstić information content (AvgIpc) is 2.99. The van der Waals surface area contributed by atoms with Crippen molar-refractivity contribution in [2.45, 2.75) is 13.0 Å². The molecule has 29 heavy (non-hydrogen) atoms. The van der Waals surface area contributed by atoms with Crippen LogP contribution in [0.3, 0.4) is 0 Å². The first-order valence-corrected chi connectivity index (χ1v) is 10.8. The van der Waals surface area contributed by atoms with E-state index < -0.39 is 10.0 Å². The molecule has 0 atom stereocenters.